The van der Waals surface area contributed by atoms with Gasteiger partial charge in [0.25, 0.3) is 0 Å². The molecule has 1 unspecified atom stereocenters. The lowest BCUT2D eigenvalue weighted by Crippen LogP contribution is -2.63. The molecule has 0 radical (unpaired) electrons. The van der Waals surface area contributed by atoms with Crippen molar-refractivity contribution in [1.29, 1.82) is 0 Å². The zero-order valence-corrected chi connectivity index (χ0v) is 12.0. The molecule has 1 atom stereocenters. The second-order valence-corrected chi connectivity index (χ2v) is 6.76. The molecule has 1 aliphatic rings. The van der Waals surface area contributed by atoms with E-state index < -0.39 is 5.60 Å². The molecule has 0 aliphatic carbocycles. The normalized spacial score (nSPS) is 19.2. The van der Waals surface area contributed by atoms with Crippen molar-refractivity contribution < 1.29 is 9.90 Å². The van der Waals surface area contributed by atoms with Crippen molar-refractivity contribution in [3.8, 4) is 0 Å². The van der Waals surface area contributed by atoms with Gasteiger partial charge in [-0.1, -0.05) is 11.6 Å². The van der Waals surface area contributed by atoms with E-state index in [1.54, 1.807) is 11.8 Å². The number of aliphatic hydroxyl groups is 1. The molecule has 1 fully saturated rings. The zero-order chi connectivity index (χ0) is 13.3. The summed E-state index contributed by atoms with van der Waals surface area (Å²) in [6.07, 6.45) is 0. The monoisotopic (exact) mass is 285 g/mol. The Morgan fingerprint density at radius 1 is 1.44 bits per heavy atom. The maximum atomic E-state index is 12.1. The van der Waals surface area contributed by atoms with Gasteiger partial charge in [0, 0.05) is 9.92 Å². The standard InChI is InChI=1S/C13H16ClNO2S/c1-9(12(16)15-7-13(2,17)8-15)18-11-5-3-10(14)4-6-11/h3-6,9,17H,7-8H2,1-2H3. The smallest absolute Gasteiger partial charge is 0.235 e. The van der Waals surface area contributed by atoms with Crippen LogP contribution >= 0.6 is 23.4 Å². The summed E-state index contributed by atoms with van der Waals surface area (Å²) in [5.74, 6) is 0.0708. The number of rotatable bonds is 3. The molecule has 0 spiro atoms. The number of nitrogens with zero attached hydrogens (tertiary/aromatic N) is 1. The first kappa shape index (κ1) is 13.7. The maximum Gasteiger partial charge on any atom is 0.235 e. The molecule has 1 saturated heterocycles. The molecule has 0 bridgehead atoms. The summed E-state index contributed by atoms with van der Waals surface area (Å²) in [5, 5.41) is 10.2. The Hall–Kier alpha value is -0.710. The highest BCUT2D eigenvalue weighted by Gasteiger charge is 2.40. The Balaban J connectivity index is 1.90. The van der Waals surface area contributed by atoms with Gasteiger partial charge in [-0.05, 0) is 38.1 Å². The molecule has 1 aliphatic heterocycles. The highest BCUT2D eigenvalue weighted by Crippen LogP contribution is 2.28. The van der Waals surface area contributed by atoms with E-state index in [0.717, 1.165) is 4.90 Å². The molecule has 2 rings (SSSR count). The van der Waals surface area contributed by atoms with Crippen molar-refractivity contribution in [2.75, 3.05) is 13.1 Å². The molecule has 0 aromatic heterocycles. The second kappa shape index (κ2) is 5.11. The summed E-state index contributed by atoms with van der Waals surface area (Å²) in [6.45, 7) is 4.48. The summed E-state index contributed by atoms with van der Waals surface area (Å²) in [4.78, 5) is 14.8. The number of hydrogen-bond acceptors (Lipinski definition) is 3. The third-order valence-electron chi connectivity index (χ3n) is 2.85. The fraction of sp³-hybridized carbons (Fsp3) is 0.462. The number of likely N-dealkylation sites (tertiary alicyclic amines) is 1. The third kappa shape index (κ3) is 3.19. The van der Waals surface area contributed by atoms with Gasteiger partial charge >= 0.3 is 0 Å². The lowest BCUT2D eigenvalue weighted by atomic mass is 9.97. The fourth-order valence-corrected chi connectivity index (χ4v) is 3.03. The van der Waals surface area contributed by atoms with E-state index in [9.17, 15) is 9.90 Å². The van der Waals surface area contributed by atoms with Gasteiger partial charge in [-0.2, -0.15) is 0 Å². The third-order valence-corrected chi connectivity index (χ3v) is 4.20. The highest BCUT2D eigenvalue weighted by atomic mass is 35.5. The quantitative estimate of drug-likeness (QED) is 0.867. The molecule has 1 amide bonds. The maximum absolute atomic E-state index is 12.1. The molecule has 1 aromatic carbocycles. The van der Waals surface area contributed by atoms with Gasteiger partial charge in [0.15, 0.2) is 0 Å². The predicted octanol–water partition coefficient (Wildman–Crippen LogP) is 2.41. The van der Waals surface area contributed by atoms with Crippen molar-refractivity contribution in [1.82, 2.24) is 4.90 Å². The number of amides is 1. The predicted molar refractivity (Wildman–Crippen MR) is 74.0 cm³/mol. The number of hydrogen-bond donors (Lipinski definition) is 1. The largest absolute Gasteiger partial charge is 0.386 e. The minimum Gasteiger partial charge on any atom is -0.386 e. The first-order chi connectivity index (χ1) is 8.37. The molecular formula is C13H16ClNO2S. The molecule has 5 heteroatoms. The number of benzene rings is 1. The molecule has 1 aromatic rings. The molecule has 1 N–H and O–H groups in total. The highest BCUT2D eigenvalue weighted by molar-refractivity contribution is 8.00. The Morgan fingerprint density at radius 3 is 2.50 bits per heavy atom. The van der Waals surface area contributed by atoms with Crippen LogP contribution in [0.4, 0.5) is 0 Å². The van der Waals surface area contributed by atoms with Crippen LogP contribution in [-0.4, -0.2) is 39.9 Å². The summed E-state index contributed by atoms with van der Waals surface area (Å²) >= 11 is 7.32. The van der Waals surface area contributed by atoms with E-state index in [2.05, 4.69) is 0 Å². The number of carbonyl (C=O) groups is 1. The first-order valence-electron chi connectivity index (χ1n) is 5.81. The van der Waals surface area contributed by atoms with E-state index in [-0.39, 0.29) is 11.2 Å². The van der Waals surface area contributed by atoms with Crippen molar-refractivity contribution in [3.05, 3.63) is 29.3 Å². The van der Waals surface area contributed by atoms with Crippen LogP contribution in [0.25, 0.3) is 0 Å². The van der Waals surface area contributed by atoms with Gasteiger partial charge in [-0.15, -0.1) is 11.8 Å². The summed E-state index contributed by atoms with van der Waals surface area (Å²) in [7, 11) is 0. The van der Waals surface area contributed by atoms with Gasteiger partial charge in [-0.3, -0.25) is 4.79 Å². The summed E-state index contributed by atoms with van der Waals surface area (Å²) in [6, 6.07) is 7.44. The molecule has 98 valence electrons. The molecule has 3 nitrogen and oxygen atoms in total. The van der Waals surface area contributed by atoms with Crippen LogP contribution in [0.2, 0.25) is 5.02 Å². The summed E-state index contributed by atoms with van der Waals surface area (Å²) in [5.41, 5.74) is -0.708. The van der Waals surface area contributed by atoms with Crippen LogP contribution in [0.5, 0.6) is 0 Å². The van der Waals surface area contributed by atoms with Gasteiger partial charge in [0.2, 0.25) is 5.91 Å². The van der Waals surface area contributed by atoms with E-state index in [4.69, 9.17) is 11.6 Å². The van der Waals surface area contributed by atoms with Crippen LogP contribution in [0.1, 0.15) is 13.8 Å². The van der Waals surface area contributed by atoms with Crippen LogP contribution in [0.3, 0.4) is 0 Å². The lowest BCUT2D eigenvalue weighted by molar-refractivity contribution is -0.151. The minimum absolute atomic E-state index is 0.0708. The van der Waals surface area contributed by atoms with E-state index >= 15 is 0 Å². The van der Waals surface area contributed by atoms with E-state index in [0.29, 0.717) is 18.1 Å². The van der Waals surface area contributed by atoms with Crippen LogP contribution < -0.4 is 0 Å². The van der Waals surface area contributed by atoms with Crippen LogP contribution in [0, 0.1) is 0 Å². The SMILES string of the molecule is CC(Sc1ccc(Cl)cc1)C(=O)N1CC(C)(O)C1. The Bertz CT molecular complexity index is 439. The van der Waals surface area contributed by atoms with Crippen molar-refractivity contribution >= 4 is 29.3 Å². The Kier molecular flexibility index (Phi) is 3.90. The van der Waals surface area contributed by atoms with Crippen molar-refractivity contribution in [2.24, 2.45) is 0 Å². The minimum atomic E-state index is -0.708. The van der Waals surface area contributed by atoms with Crippen LogP contribution in [0.15, 0.2) is 29.2 Å². The second-order valence-electron chi connectivity index (χ2n) is 4.91. The van der Waals surface area contributed by atoms with Gasteiger partial charge < -0.3 is 10.0 Å². The van der Waals surface area contributed by atoms with Gasteiger partial charge in [0.05, 0.1) is 23.9 Å². The Morgan fingerprint density at radius 2 is 2.00 bits per heavy atom. The van der Waals surface area contributed by atoms with Crippen molar-refractivity contribution in [3.63, 3.8) is 0 Å². The number of carbonyl (C=O) groups excluding carboxylic acids is 1. The molecule has 0 saturated carbocycles. The lowest BCUT2D eigenvalue weighted by Gasteiger charge is -2.45. The van der Waals surface area contributed by atoms with Gasteiger partial charge in [0.1, 0.15) is 0 Å². The molecular weight excluding hydrogens is 270 g/mol. The molecule has 1 heterocycles. The summed E-state index contributed by atoms with van der Waals surface area (Å²) < 4.78 is 0. The fourth-order valence-electron chi connectivity index (χ4n) is 1.96. The molecule has 18 heavy (non-hydrogen) atoms. The number of β-amino-alcohol motifs (C(OH)–C–C–N with tert-alkyl or cyclic N) is 1. The van der Waals surface area contributed by atoms with E-state index in [1.807, 2.05) is 31.2 Å². The number of halogens is 1. The van der Waals surface area contributed by atoms with Crippen molar-refractivity contribution in [2.45, 2.75) is 29.6 Å². The average molecular weight is 286 g/mol. The van der Waals surface area contributed by atoms with Crippen LogP contribution in [-0.2, 0) is 4.79 Å². The average Bonchev–Trinajstić information content (AvgIpc) is 2.28. The number of thioether (sulfide) groups is 1. The first-order valence-corrected chi connectivity index (χ1v) is 7.06. The van der Waals surface area contributed by atoms with E-state index in [1.165, 1.54) is 11.8 Å². The Labute approximate surface area is 116 Å². The van der Waals surface area contributed by atoms with Gasteiger partial charge in [-0.25, -0.2) is 0 Å². The zero-order valence-electron chi connectivity index (χ0n) is 10.4. The topological polar surface area (TPSA) is 40.5 Å².